The Morgan fingerprint density at radius 1 is 1.10 bits per heavy atom. The number of pyridine rings is 1. The molecule has 3 aromatic rings. The highest BCUT2D eigenvalue weighted by atomic mass is 16.5. The molecule has 2 saturated heterocycles. The van der Waals surface area contributed by atoms with Crippen molar-refractivity contribution in [3.63, 3.8) is 0 Å². The summed E-state index contributed by atoms with van der Waals surface area (Å²) in [7, 11) is 2.12. The fraction of sp³-hybridized carbons (Fsp3) is 0.409. The van der Waals surface area contributed by atoms with Gasteiger partial charge in [0.1, 0.15) is 0 Å². The van der Waals surface area contributed by atoms with Crippen molar-refractivity contribution in [2.75, 3.05) is 39.9 Å². The molecule has 2 aromatic heterocycles. The summed E-state index contributed by atoms with van der Waals surface area (Å²) >= 11 is 0. The normalized spacial score (nSPS) is 22.6. The Kier molecular flexibility index (Phi) is 4.77. The molecule has 29 heavy (non-hydrogen) atoms. The van der Waals surface area contributed by atoms with E-state index in [0.717, 1.165) is 23.1 Å². The molecule has 2 fully saturated rings. The van der Waals surface area contributed by atoms with Crippen LogP contribution in [0.4, 0.5) is 0 Å². The van der Waals surface area contributed by atoms with E-state index in [1.807, 2.05) is 39.9 Å². The summed E-state index contributed by atoms with van der Waals surface area (Å²) in [4.78, 5) is 22.3. The third kappa shape index (κ3) is 3.52. The van der Waals surface area contributed by atoms with E-state index in [4.69, 9.17) is 9.84 Å². The van der Waals surface area contributed by atoms with E-state index in [9.17, 15) is 4.79 Å². The zero-order valence-electron chi connectivity index (χ0n) is 16.6. The topological polar surface area (TPSA) is 63.5 Å². The Labute approximate surface area is 169 Å². The maximum atomic E-state index is 13.5. The van der Waals surface area contributed by atoms with E-state index in [2.05, 4.69) is 29.1 Å². The van der Waals surface area contributed by atoms with Gasteiger partial charge in [0.05, 0.1) is 31.2 Å². The summed E-state index contributed by atoms with van der Waals surface area (Å²) in [5.74, 6) is 0.314. The van der Waals surface area contributed by atoms with Gasteiger partial charge in [0, 0.05) is 31.7 Å². The fourth-order valence-electron chi connectivity index (χ4n) is 4.40. The lowest BCUT2D eigenvalue weighted by atomic mass is 10.1. The molecule has 1 amide bonds. The lowest BCUT2D eigenvalue weighted by Gasteiger charge is -2.29. The van der Waals surface area contributed by atoms with Gasteiger partial charge in [-0.25, -0.2) is 9.67 Å². The maximum Gasteiger partial charge on any atom is 0.275 e. The molecule has 2 aliphatic heterocycles. The Balaban J connectivity index is 1.49. The van der Waals surface area contributed by atoms with E-state index in [1.165, 1.54) is 0 Å². The van der Waals surface area contributed by atoms with E-state index in [0.29, 0.717) is 44.5 Å². The molecule has 2 aliphatic rings. The smallest absolute Gasteiger partial charge is 0.275 e. The third-order valence-electron chi connectivity index (χ3n) is 5.91. The van der Waals surface area contributed by atoms with Crippen molar-refractivity contribution < 1.29 is 9.53 Å². The van der Waals surface area contributed by atoms with Crippen molar-refractivity contribution in [1.82, 2.24) is 24.6 Å². The zero-order chi connectivity index (χ0) is 19.8. The quantitative estimate of drug-likeness (QED) is 0.682. The molecular formula is C22H25N5O2. The van der Waals surface area contributed by atoms with Gasteiger partial charge < -0.3 is 9.64 Å². The first kappa shape index (κ1) is 18.3. The molecule has 7 nitrogen and oxygen atoms in total. The maximum absolute atomic E-state index is 13.5. The van der Waals surface area contributed by atoms with Gasteiger partial charge in [-0.05, 0) is 24.7 Å². The number of hydrogen-bond donors (Lipinski definition) is 0. The summed E-state index contributed by atoms with van der Waals surface area (Å²) in [6.07, 6.45) is 1.75. The van der Waals surface area contributed by atoms with Gasteiger partial charge in [-0.1, -0.05) is 30.3 Å². The fourth-order valence-corrected chi connectivity index (χ4v) is 4.40. The highest BCUT2D eigenvalue weighted by molar-refractivity contribution is 6.04. The SMILES string of the molecule is CN1C[C@H]2COC[C@@H]1CN(C(=O)c1nn(Cc3ccccc3)c3ncccc13)C2. The van der Waals surface area contributed by atoms with Crippen molar-refractivity contribution >= 4 is 16.9 Å². The van der Waals surface area contributed by atoms with E-state index < -0.39 is 0 Å². The van der Waals surface area contributed by atoms with E-state index in [-0.39, 0.29) is 11.9 Å². The van der Waals surface area contributed by atoms with Crippen LogP contribution in [0.3, 0.4) is 0 Å². The number of aromatic nitrogens is 3. The monoisotopic (exact) mass is 391 g/mol. The standard InChI is InChI=1S/C22H25N5O2/c1-25-10-17-11-26(13-18(25)15-29-14-17)22(28)20-19-8-5-9-23-21(19)27(24-20)12-16-6-3-2-4-7-16/h2-9,17-18H,10-15H2,1H3/t17-,18+/m1/s1. The number of ether oxygens (including phenoxy) is 1. The number of carbonyl (C=O) groups excluding carboxylic acids is 1. The van der Waals surface area contributed by atoms with Gasteiger partial charge in [-0.15, -0.1) is 0 Å². The number of rotatable bonds is 3. The van der Waals surface area contributed by atoms with Crippen molar-refractivity contribution in [3.05, 3.63) is 59.9 Å². The van der Waals surface area contributed by atoms with Crippen LogP contribution in [0.15, 0.2) is 48.7 Å². The summed E-state index contributed by atoms with van der Waals surface area (Å²) < 4.78 is 7.64. The van der Waals surface area contributed by atoms with Crippen LogP contribution in [0.2, 0.25) is 0 Å². The van der Waals surface area contributed by atoms with Crippen LogP contribution >= 0.6 is 0 Å². The summed E-state index contributed by atoms with van der Waals surface area (Å²) in [6.45, 7) is 4.28. The van der Waals surface area contributed by atoms with Crippen LogP contribution in [0, 0.1) is 5.92 Å². The predicted octanol–water partition coefficient (Wildman–Crippen LogP) is 1.88. The highest BCUT2D eigenvalue weighted by Gasteiger charge is 2.35. The van der Waals surface area contributed by atoms with Crippen LogP contribution in [0.5, 0.6) is 0 Å². The number of nitrogens with zero attached hydrogens (tertiary/aromatic N) is 5. The molecule has 7 heteroatoms. The Hall–Kier alpha value is -2.77. The molecule has 0 N–H and O–H groups in total. The van der Waals surface area contributed by atoms with Crippen LogP contribution in [0.25, 0.3) is 11.0 Å². The van der Waals surface area contributed by atoms with Gasteiger partial charge in [0.25, 0.3) is 5.91 Å². The van der Waals surface area contributed by atoms with Gasteiger partial charge in [-0.3, -0.25) is 9.69 Å². The van der Waals surface area contributed by atoms with Gasteiger partial charge in [0.15, 0.2) is 11.3 Å². The molecule has 0 unspecified atom stereocenters. The summed E-state index contributed by atoms with van der Waals surface area (Å²) in [6, 6.07) is 14.2. The molecule has 0 saturated carbocycles. The second-order valence-corrected chi connectivity index (χ2v) is 8.07. The van der Waals surface area contributed by atoms with Crippen LogP contribution in [0.1, 0.15) is 16.1 Å². The molecule has 0 radical (unpaired) electrons. The van der Waals surface area contributed by atoms with Crippen LogP contribution in [-0.4, -0.2) is 76.4 Å². The molecule has 2 bridgehead atoms. The number of amides is 1. The molecule has 5 rings (SSSR count). The largest absolute Gasteiger partial charge is 0.379 e. The first-order valence-corrected chi connectivity index (χ1v) is 10.1. The molecule has 0 spiro atoms. The Morgan fingerprint density at radius 3 is 2.83 bits per heavy atom. The van der Waals surface area contributed by atoms with Crippen molar-refractivity contribution in [1.29, 1.82) is 0 Å². The molecule has 2 atom stereocenters. The highest BCUT2D eigenvalue weighted by Crippen LogP contribution is 2.23. The summed E-state index contributed by atoms with van der Waals surface area (Å²) in [5, 5.41) is 5.53. The number of fused-ring (bicyclic) bond motifs is 4. The minimum absolute atomic E-state index is 0.0120. The average molecular weight is 391 g/mol. The first-order chi connectivity index (χ1) is 14.2. The van der Waals surface area contributed by atoms with Gasteiger partial charge in [0.2, 0.25) is 0 Å². The van der Waals surface area contributed by atoms with Gasteiger partial charge in [-0.2, -0.15) is 5.10 Å². The molecule has 4 heterocycles. The number of hydrogen-bond acceptors (Lipinski definition) is 5. The predicted molar refractivity (Wildman–Crippen MR) is 110 cm³/mol. The lowest BCUT2D eigenvalue weighted by molar-refractivity contribution is 0.0431. The van der Waals surface area contributed by atoms with Crippen molar-refractivity contribution in [2.45, 2.75) is 12.6 Å². The average Bonchev–Trinajstić information content (AvgIpc) is 2.87. The second-order valence-electron chi connectivity index (χ2n) is 8.07. The van der Waals surface area contributed by atoms with E-state index >= 15 is 0 Å². The molecule has 0 aliphatic carbocycles. The van der Waals surface area contributed by atoms with Crippen LogP contribution in [-0.2, 0) is 11.3 Å². The Morgan fingerprint density at radius 2 is 1.97 bits per heavy atom. The Bertz CT molecular complexity index is 1020. The first-order valence-electron chi connectivity index (χ1n) is 10.1. The number of likely N-dealkylation sites (N-methyl/N-ethyl adjacent to an activating group) is 1. The molecular weight excluding hydrogens is 366 g/mol. The third-order valence-corrected chi connectivity index (χ3v) is 5.91. The lowest BCUT2D eigenvalue weighted by Crippen LogP contribution is -2.44. The second kappa shape index (κ2) is 7.57. The minimum Gasteiger partial charge on any atom is -0.379 e. The van der Waals surface area contributed by atoms with Crippen LogP contribution < -0.4 is 0 Å². The summed E-state index contributed by atoms with van der Waals surface area (Å²) in [5.41, 5.74) is 2.37. The van der Waals surface area contributed by atoms with Crippen molar-refractivity contribution in [2.24, 2.45) is 5.92 Å². The number of benzene rings is 1. The minimum atomic E-state index is -0.0120. The zero-order valence-corrected chi connectivity index (χ0v) is 16.6. The van der Waals surface area contributed by atoms with Crippen molar-refractivity contribution in [3.8, 4) is 0 Å². The van der Waals surface area contributed by atoms with Gasteiger partial charge >= 0.3 is 0 Å². The molecule has 1 aromatic carbocycles. The number of carbonyl (C=O) groups is 1. The molecule has 150 valence electrons. The van der Waals surface area contributed by atoms with E-state index in [1.54, 1.807) is 6.20 Å².